The summed E-state index contributed by atoms with van der Waals surface area (Å²) < 4.78 is 33.9. The third-order valence-electron chi connectivity index (χ3n) is 3.07. The van der Waals surface area contributed by atoms with E-state index in [-0.39, 0.29) is 29.9 Å². The number of para-hydroxylation sites is 1. The van der Waals surface area contributed by atoms with E-state index in [1.807, 2.05) is 0 Å². The second kappa shape index (κ2) is 9.55. The van der Waals surface area contributed by atoms with Gasteiger partial charge in [-0.25, -0.2) is 9.59 Å². The molecule has 0 spiro atoms. The summed E-state index contributed by atoms with van der Waals surface area (Å²) >= 11 is 0. The smallest absolute Gasteiger partial charge is 0.411 e. The van der Waals surface area contributed by atoms with Crippen LogP contribution in [0.2, 0.25) is 0 Å². The van der Waals surface area contributed by atoms with Crippen molar-refractivity contribution in [3.8, 4) is 0 Å². The van der Waals surface area contributed by atoms with Crippen molar-refractivity contribution >= 4 is 17.7 Å². The molecule has 0 aliphatic heterocycles. The molecule has 1 amide bonds. The first-order chi connectivity index (χ1) is 11.0. The first kappa shape index (κ1) is 18.6. The zero-order valence-corrected chi connectivity index (χ0v) is 13.0. The molecule has 0 saturated heterocycles. The summed E-state index contributed by atoms with van der Waals surface area (Å²) in [5, 5.41) is 2.45. The van der Waals surface area contributed by atoms with Crippen molar-refractivity contribution < 1.29 is 27.8 Å². The fourth-order valence-corrected chi connectivity index (χ4v) is 1.78. The number of benzene rings is 1. The topological polar surface area (TPSA) is 64.6 Å². The predicted octanol–water partition coefficient (Wildman–Crippen LogP) is 4.36. The van der Waals surface area contributed by atoms with Crippen LogP contribution in [0, 0.1) is 0 Å². The van der Waals surface area contributed by atoms with E-state index in [2.05, 4.69) is 10.1 Å². The lowest BCUT2D eigenvalue weighted by molar-refractivity contribution is 0.0602. The normalized spacial score (nSPS) is 9.91. The average molecular weight is 327 g/mol. The fourth-order valence-electron chi connectivity index (χ4n) is 1.78. The SMILES string of the molecule is COC(=O)c1ccccc1NC(=O)OCCCCC(C)=C(F)F. The van der Waals surface area contributed by atoms with Gasteiger partial charge in [-0.3, -0.25) is 5.32 Å². The van der Waals surface area contributed by atoms with Gasteiger partial charge in [0.25, 0.3) is 6.08 Å². The number of halogens is 2. The van der Waals surface area contributed by atoms with Crippen LogP contribution in [0.5, 0.6) is 0 Å². The van der Waals surface area contributed by atoms with Crippen molar-refractivity contribution in [3.63, 3.8) is 0 Å². The van der Waals surface area contributed by atoms with E-state index in [9.17, 15) is 18.4 Å². The molecule has 5 nitrogen and oxygen atoms in total. The molecule has 0 radical (unpaired) electrons. The number of rotatable bonds is 7. The Bertz CT molecular complexity index is 583. The molecular weight excluding hydrogens is 308 g/mol. The van der Waals surface area contributed by atoms with Crippen LogP contribution >= 0.6 is 0 Å². The van der Waals surface area contributed by atoms with E-state index in [0.29, 0.717) is 12.8 Å². The Kier molecular flexibility index (Phi) is 7.73. The lowest BCUT2D eigenvalue weighted by Crippen LogP contribution is -2.17. The van der Waals surface area contributed by atoms with Crippen LogP contribution in [0.1, 0.15) is 36.5 Å². The number of ether oxygens (including phenoxy) is 2. The summed E-state index contributed by atoms with van der Waals surface area (Å²) in [6.45, 7) is 1.47. The van der Waals surface area contributed by atoms with Gasteiger partial charge in [-0.15, -0.1) is 0 Å². The van der Waals surface area contributed by atoms with Crippen LogP contribution in [0.25, 0.3) is 0 Å². The Morgan fingerprint density at radius 2 is 1.87 bits per heavy atom. The summed E-state index contributed by atoms with van der Waals surface area (Å²) in [4.78, 5) is 23.2. The van der Waals surface area contributed by atoms with E-state index >= 15 is 0 Å². The highest BCUT2D eigenvalue weighted by Crippen LogP contribution is 2.17. The van der Waals surface area contributed by atoms with Crippen LogP contribution in [-0.2, 0) is 9.47 Å². The number of hydrogen-bond acceptors (Lipinski definition) is 4. The molecule has 23 heavy (non-hydrogen) atoms. The van der Waals surface area contributed by atoms with E-state index in [1.165, 1.54) is 20.1 Å². The number of methoxy groups -OCH3 is 1. The zero-order valence-electron chi connectivity index (χ0n) is 13.0. The van der Waals surface area contributed by atoms with Gasteiger partial charge >= 0.3 is 12.1 Å². The number of nitrogens with one attached hydrogen (secondary N) is 1. The average Bonchev–Trinajstić information content (AvgIpc) is 2.54. The van der Waals surface area contributed by atoms with Crippen LogP contribution in [0.15, 0.2) is 35.9 Å². The van der Waals surface area contributed by atoms with Gasteiger partial charge in [0, 0.05) is 0 Å². The van der Waals surface area contributed by atoms with Crippen LogP contribution in [-0.4, -0.2) is 25.8 Å². The van der Waals surface area contributed by atoms with Gasteiger partial charge in [-0.1, -0.05) is 12.1 Å². The van der Waals surface area contributed by atoms with Gasteiger partial charge in [0.2, 0.25) is 0 Å². The summed E-state index contributed by atoms with van der Waals surface area (Å²) in [7, 11) is 1.24. The Balaban J connectivity index is 2.41. The van der Waals surface area contributed by atoms with E-state index in [1.54, 1.807) is 18.2 Å². The second-order valence-corrected chi connectivity index (χ2v) is 4.80. The monoisotopic (exact) mass is 327 g/mol. The van der Waals surface area contributed by atoms with Crippen molar-refractivity contribution in [1.82, 2.24) is 0 Å². The Labute approximate surface area is 133 Å². The van der Waals surface area contributed by atoms with Gasteiger partial charge < -0.3 is 9.47 Å². The van der Waals surface area contributed by atoms with Crippen LogP contribution in [0.3, 0.4) is 0 Å². The Morgan fingerprint density at radius 1 is 1.17 bits per heavy atom. The molecule has 0 aromatic heterocycles. The minimum atomic E-state index is -1.66. The molecule has 1 N–H and O–H groups in total. The molecule has 0 unspecified atom stereocenters. The van der Waals surface area contributed by atoms with Crippen molar-refractivity contribution in [2.45, 2.75) is 26.2 Å². The van der Waals surface area contributed by atoms with Crippen molar-refractivity contribution in [2.24, 2.45) is 0 Å². The lowest BCUT2D eigenvalue weighted by Gasteiger charge is -2.10. The molecule has 1 aromatic carbocycles. The first-order valence-electron chi connectivity index (χ1n) is 7.07. The molecule has 126 valence electrons. The Morgan fingerprint density at radius 3 is 2.52 bits per heavy atom. The molecule has 1 rings (SSSR count). The molecule has 0 saturated carbocycles. The van der Waals surface area contributed by atoms with Gasteiger partial charge in [-0.05, 0) is 43.9 Å². The summed E-state index contributed by atoms with van der Waals surface area (Å²) in [6, 6.07) is 6.36. The summed E-state index contributed by atoms with van der Waals surface area (Å²) in [6.07, 6.45) is -1.15. The minimum absolute atomic E-state index is 0.0430. The van der Waals surface area contributed by atoms with Gasteiger partial charge in [0.15, 0.2) is 0 Å². The molecule has 0 fully saturated rings. The molecule has 0 heterocycles. The molecule has 0 aliphatic carbocycles. The van der Waals surface area contributed by atoms with E-state index in [0.717, 1.165) is 0 Å². The molecule has 7 heteroatoms. The number of esters is 1. The van der Waals surface area contributed by atoms with Crippen molar-refractivity contribution in [3.05, 3.63) is 41.5 Å². The second-order valence-electron chi connectivity index (χ2n) is 4.80. The van der Waals surface area contributed by atoms with Crippen molar-refractivity contribution in [2.75, 3.05) is 19.0 Å². The van der Waals surface area contributed by atoms with E-state index < -0.39 is 18.1 Å². The number of allylic oxidation sites excluding steroid dienone is 1. The summed E-state index contributed by atoms with van der Waals surface area (Å²) in [5.74, 6) is -0.573. The zero-order chi connectivity index (χ0) is 17.2. The maximum atomic E-state index is 12.2. The number of carbonyl (C=O) groups is 2. The molecule has 0 bridgehead atoms. The fraction of sp³-hybridized carbons (Fsp3) is 0.375. The van der Waals surface area contributed by atoms with Crippen LogP contribution in [0.4, 0.5) is 19.3 Å². The quantitative estimate of drug-likeness (QED) is 0.597. The molecule has 0 aliphatic rings. The first-order valence-corrected chi connectivity index (χ1v) is 7.07. The third-order valence-corrected chi connectivity index (χ3v) is 3.07. The van der Waals surface area contributed by atoms with Gasteiger partial charge in [-0.2, -0.15) is 8.78 Å². The third kappa shape index (κ3) is 6.46. The van der Waals surface area contributed by atoms with Crippen LogP contribution < -0.4 is 5.32 Å². The number of carbonyl (C=O) groups excluding carboxylic acids is 2. The molecule has 0 atom stereocenters. The number of hydrogen-bond donors (Lipinski definition) is 1. The molecular formula is C16H19F2NO4. The highest BCUT2D eigenvalue weighted by molar-refractivity contribution is 5.99. The predicted molar refractivity (Wildman–Crippen MR) is 81.5 cm³/mol. The Hall–Kier alpha value is -2.44. The highest BCUT2D eigenvalue weighted by Gasteiger charge is 2.13. The molecule has 1 aromatic rings. The highest BCUT2D eigenvalue weighted by atomic mass is 19.3. The van der Waals surface area contributed by atoms with Gasteiger partial charge in [0.05, 0.1) is 25.0 Å². The largest absolute Gasteiger partial charge is 0.465 e. The van der Waals surface area contributed by atoms with E-state index in [4.69, 9.17) is 4.74 Å². The number of amides is 1. The maximum Gasteiger partial charge on any atom is 0.411 e. The van der Waals surface area contributed by atoms with Gasteiger partial charge in [0.1, 0.15) is 0 Å². The maximum absolute atomic E-state index is 12.2. The van der Waals surface area contributed by atoms with Crippen molar-refractivity contribution in [1.29, 1.82) is 0 Å². The minimum Gasteiger partial charge on any atom is -0.465 e. The number of anilines is 1. The number of unbranched alkanes of at least 4 members (excludes halogenated alkanes) is 1. The standard InChI is InChI=1S/C16H19F2NO4/c1-11(14(17)18)7-5-6-10-23-16(21)19-13-9-4-3-8-12(13)15(20)22-2/h3-4,8-9H,5-7,10H2,1-2H3,(H,19,21). The summed E-state index contributed by atoms with van der Waals surface area (Å²) in [5.41, 5.74) is 0.537. The lowest BCUT2D eigenvalue weighted by atomic mass is 10.1.